The van der Waals surface area contributed by atoms with Gasteiger partial charge < -0.3 is 14.8 Å². The maximum atomic E-state index is 12.5. The van der Waals surface area contributed by atoms with Crippen LogP contribution in [0, 0.1) is 5.82 Å². The second kappa shape index (κ2) is 5.75. The highest BCUT2D eigenvalue weighted by Crippen LogP contribution is 1.94. The van der Waals surface area contributed by atoms with E-state index in [1.165, 1.54) is 24.3 Å². The van der Waals surface area contributed by atoms with Crippen molar-refractivity contribution < 1.29 is 19.2 Å². The molecule has 2 N–H and O–H groups in total. The van der Waals surface area contributed by atoms with E-state index in [0.717, 1.165) is 0 Å². The zero-order valence-corrected chi connectivity index (χ0v) is 7.69. The smallest absolute Gasteiger partial charge is 0.423 e. The number of halogens is 1. The van der Waals surface area contributed by atoms with Crippen LogP contribution in [0.3, 0.4) is 0 Å². The summed E-state index contributed by atoms with van der Waals surface area (Å²) in [7, 11) is -1.05. The van der Waals surface area contributed by atoms with Crippen LogP contribution in [0.2, 0.25) is 0 Å². The lowest BCUT2D eigenvalue weighted by Gasteiger charge is -2.06. The first-order valence-electron chi connectivity index (χ1n) is 4.40. The summed E-state index contributed by atoms with van der Waals surface area (Å²) in [5.41, 5.74) is 0.504. The van der Waals surface area contributed by atoms with Gasteiger partial charge in [0.2, 0.25) is 0 Å². The van der Waals surface area contributed by atoms with Crippen molar-refractivity contribution in [3.63, 3.8) is 0 Å². The van der Waals surface area contributed by atoms with E-state index in [2.05, 4.69) is 0 Å². The monoisotopic (exact) mass is 198 g/mol. The Morgan fingerprint density at radius 1 is 1.29 bits per heavy atom. The summed E-state index contributed by atoms with van der Waals surface area (Å²) in [4.78, 5) is 0. The van der Waals surface area contributed by atoms with Gasteiger partial charge in [-0.25, -0.2) is 4.39 Å². The zero-order valence-electron chi connectivity index (χ0n) is 7.69. The summed E-state index contributed by atoms with van der Waals surface area (Å²) in [5.74, 6) is -0.351. The SMILES string of the molecule is OCCCOB(O)c1ccc(F)cc1. The second-order valence-corrected chi connectivity index (χ2v) is 2.85. The predicted octanol–water partition coefficient (Wildman–Crippen LogP) is -0.0878. The first-order valence-corrected chi connectivity index (χ1v) is 4.40. The van der Waals surface area contributed by atoms with Crippen LogP contribution in [0.15, 0.2) is 24.3 Å². The van der Waals surface area contributed by atoms with Crippen LogP contribution in [0.25, 0.3) is 0 Å². The van der Waals surface area contributed by atoms with Gasteiger partial charge in [-0.2, -0.15) is 0 Å². The first-order chi connectivity index (χ1) is 6.74. The van der Waals surface area contributed by atoms with Crippen molar-refractivity contribution in [1.29, 1.82) is 0 Å². The van der Waals surface area contributed by atoms with Crippen LogP contribution in [0.5, 0.6) is 0 Å². The minimum atomic E-state index is -1.05. The van der Waals surface area contributed by atoms with Crippen molar-refractivity contribution in [2.75, 3.05) is 13.2 Å². The molecule has 0 heterocycles. The van der Waals surface area contributed by atoms with Gasteiger partial charge in [0, 0.05) is 13.2 Å². The van der Waals surface area contributed by atoms with E-state index in [0.29, 0.717) is 11.9 Å². The van der Waals surface area contributed by atoms with Crippen molar-refractivity contribution in [3.05, 3.63) is 30.1 Å². The maximum absolute atomic E-state index is 12.5. The highest BCUT2D eigenvalue weighted by molar-refractivity contribution is 6.59. The van der Waals surface area contributed by atoms with Crippen LogP contribution in [-0.2, 0) is 4.65 Å². The van der Waals surface area contributed by atoms with Crippen molar-refractivity contribution in [1.82, 2.24) is 0 Å². The second-order valence-electron chi connectivity index (χ2n) is 2.85. The molecule has 0 atom stereocenters. The van der Waals surface area contributed by atoms with Crippen LogP contribution in [0.1, 0.15) is 6.42 Å². The number of hydrogen-bond donors (Lipinski definition) is 2. The van der Waals surface area contributed by atoms with E-state index in [1.807, 2.05) is 0 Å². The lowest BCUT2D eigenvalue weighted by Crippen LogP contribution is -2.34. The molecular formula is C9H12BFO3. The molecule has 0 bridgehead atoms. The van der Waals surface area contributed by atoms with Gasteiger partial charge in [0.1, 0.15) is 5.82 Å². The molecule has 76 valence electrons. The molecule has 1 aromatic rings. The molecule has 0 saturated heterocycles. The van der Waals surface area contributed by atoms with Gasteiger partial charge in [0.05, 0.1) is 0 Å². The van der Waals surface area contributed by atoms with Gasteiger partial charge in [0.15, 0.2) is 0 Å². The summed E-state index contributed by atoms with van der Waals surface area (Å²) in [6, 6.07) is 5.43. The molecule has 0 amide bonds. The molecule has 0 fully saturated rings. The molecule has 0 unspecified atom stereocenters. The zero-order chi connectivity index (χ0) is 10.4. The molecule has 0 aliphatic heterocycles. The molecule has 1 aromatic carbocycles. The summed E-state index contributed by atoms with van der Waals surface area (Å²) in [6.45, 7) is 0.297. The van der Waals surface area contributed by atoms with Crippen molar-refractivity contribution in [3.8, 4) is 0 Å². The van der Waals surface area contributed by atoms with Crippen LogP contribution < -0.4 is 5.46 Å². The van der Waals surface area contributed by atoms with E-state index in [-0.39, 0.29) is 19.0 Å². The lowest BCUT2D eigenvalue weighted by molar-refractivity contribution is 0.216. The van der Waals surface area contributed by atoms with Gasteiger partial charge in [0.25, 0.3) is 0 Å². The van der Waals surface area contributed by atoms with E-state index >= 15 is 0 Å². The normalized spacial score (nSPS) is 10.2. The standard InChI is InChI=1S/C9H12BFO3/c11-9-4-2-8(3-5-9)10(13)14-7-1-6-12/h2-5,12-13H,1,6-7H2. The summed E-state index contributed by atoms with van der Waals surface area (Å²) in [6.07, 6.45) is 0.470. The Balaban J connectivity index is 2.43. The van der Waals surface area contributed by atoms with E-state index in [9.17, 15) is 9.41 Å². The topological polar surface area (TPSA) is 49.7 Å². The molecule has 0 radical (unpaired) electrons. The largest absolute Gasteiger partial charge is 0.491 e. The summed E-state index contributed by atoms with van der Waals surface area (Å²) in [5, 5.41) is 17.9. The minimum absolute atomic E-state index is 0.0239. The molecule has 1 rings (SSSR count). The number of rotatable bonds is 5. The fourth-order valence-electron chi connectivity index (χ4n) is 0.983. The predicted molar refractivity (Wildman–Crippen MR) is 51.7 cm³/mol. The fraction of sp³-hybridized carbons (Fsp3) is 0.333. The van der Waals surface area contributed by atoms with Gasteiger partial charge in [-0.3, -0.25) is 0 Å². The highest BCUT2D eigenvalue weighted by Gasteiger charge is 2.15. The Hall–Kier alpha value is -0.905. The third-order valence-electron chi connectivity index (χ3n) is 1.73. The van der Waals surface area contributed by atoms with Crippen LogP contribution in [0.4, 0.5) is 4.39 Å². The van der Waals surface area contributed by atoms with E-state index < -0.39 is 7.12 Å². The minimum Gasteiger partial charge on any atom is -0.423 e. The third kappa shape index (κ3) is 3.45. The Kier molecular flexibility index (Phi) is 4.59. The Labute approximate surface area is 82.3 Å². The molecule has 0 aliphatic rings. The molecular weight excluding hydrogens is 186 g/mol. The van der Waals surface area contributed by atoms with E-state index in [1.54, 1.807) is 0 Å². The maximum Gasteiger partial charge on any atom is 0.491 e. The van der Waals surface area contributed by atoms with Crippen molar-refractivity contribution in [2.24, 2.45) is 0 Å². The molecule has 14 heavy (non-hydrogen) atoms. The Morgan fingerprint density at radius 2 is 1.93 bits per heavy atom. The fourth-order valence-corrected chi connectivity index (χ4v) is 0.983. The average molecular weight is 198 g/mol. The molecule has 3 nitrogen and oxygen atoms in total. The summed E-state index contributed by atoms with van der Waals surface area (Å²) < 4.78 is 17.5. The van der Waals surface area contributed by atoms with Gasteiger partial charge >= 0.3 is 7.12 Å². The van der Waals surface area contributed by atoms with Gasteiger partial charge in [-0.1, -0.05) is 12.1 Å². The van der Waals surface area contributed by atoms with Gasteiger partial charge in [-0.05, 0) is 24.0 Å². The molecule has 0 saturated carbocycles. The number of aliphatic hydroxyl groups excluding tert-OH is 1. The number of hydrogen-bond acceptors (Lipinski definition) is 3. The average Bonchev–Trinajstić information content (AvgIpc) is 2.19. The summed E-state index contributed by atoms with van der Waals surface area (Å²) >= 11 is 0. The first kappa shape index (κ1) is 11.2. The van der Waals surface area contributed by atoms with Crippen LogP contribution >= 0.6 is 0 Å². The van der Waals surface area contributed by atoms with Crippen molar-refractivity contribution in [2.45, 2.75) is 6.42 Å². The number of benzene rings is 1. The highest BCUT2D eigenvalue weighted by atomic mass is 19.1. The van der Waals surface area contributed by atoms with Crippen molar-refractivity contribution >= 4 is 12.6 Å². The lowest BCUT2D eigenvalue weighted by atomic mass is 9.79. The van der Waals surface area contributed by atoms with Crippen LogP contribution in [-0.4, -0.2) is 30.5 Å². The molecule has 5 heteroatoms. The number of aliphatic hydroxyl groups is 1. The van der Waals surface area contributed by atoms with Gasteiger partial charge in [-0.15, -0.1) is 0 Å². The molecule has 0 spiro atoms. The third-order valence-corrected chi connectivity index (χ3v) is 1.73. The van der Waals surface area contributed by atoms with E-state index in [4.69, 9.17) is 9.76 Å². The molecule has 0 aliphatic carbocycles. The Morgan fingerprint density at radius 3 is 2.50 bits per heavy atom. The molecule has 0 aromatic heterocycles. The quantitative estimate of drug-likeness (QED) is 0.513. The Bertz CT molecular complexity index is 265.